The van der Waals surface area contributed by atoms with Crippen LogP contribution in [0.5, 0.6) is 0 Å². The predicted octanol–water partition coefficient (Wildman–Crippen LogP) is 3.40. The van der Waals surface area contributed by atoms with Crippen molar-refractivity contribution in [1.82, 2.24) is 4.90 Å². The Balaban J connectivity index is 1.92. The van der Waals surface area contributed by atoms with Crippen molar-refractivity contribution in [3.05, 3.63) is 71.8 Å². The first-order valence-corrected chi connectivity index (χ1v) is 8.16. The summed E-state index contributed by atoms with van der Waals surface area (Å²) >= 11 is 0. The van der Waals surface area contributed by atoms with E-state index >= 15 is 0 Å². The minimum atomic E-state index is -0.300. The van der Waals surface area contributed by atoms with E-state index < -0.39 is 0 Å². The fraction of sp³-hybridized carbons (Fsp3) is 0.300. The Kier molecular flexibility index (Phi) is 4.86. The number of amides is 1. The lowest BCUT2D eigenvalue weighted by atomic mass is 9.90. The van der Waals surface area contributed by atoms with Crippen LogP contribution < -0.4 is 0 Å². The molecule has 0 radical (unpaired) electrons. The lowest BCUT2D eigenvalue weighted by Gasteiger charge is -2.26. The van der Waals surface area contributed by atoms with Crippen LogP contribution in [0, 0.1) is 0 Å². The quantitative estimate of drug-likeness (QED) is 0.871. The van der Waals surface area contributed by atoms with Gasteiger partial charge < -0.3 is 4.90 Å². The van der Waals surface area contributed by atoms with E-state index in [1.165, 1.54) is 0 Å². The number of Topliss-reactive ketones (excluding diaryl/α,β-unsaturated/α-hetero) is 1. The van der Waals surface area contributed by atoms with Gasteiger partial charge in [-0.05, 0) is 17.5 Å². The molecule has 3 heteroatoms. The molecule has 118 valence electrons. The van der Waals surface area contributed by atoms with Crippen molar-refractivity contribution >= 4 is 11.7 Å². The minimum Gasteiger partial charge on any atom is -0.341 e. The van der Waals surface area contributed by atoms with Crippen LogP contribution >= 0.6 is 0 Å². The molecule has 0 spiro atoms. The summed E-state index contributed by atoms with van der Waals surface area (Å²) in [5, 5.41) is 0. The van der Waals surface area contributed by atoms with E-state index in [1.54, 1.807) is 0 Å². The monoisotopic (exact) mass is 307 g/mol. The van der Waals surface area contributed by atoms with Crippen LogP contribution in [0.15, 0.2) is 60.7 Å². The number of nitrogens with zero attached hydrogens (tertiary/aromatic N) is 1. The van der Waals surface area contributed by atoms with Crippen molar-refractivity contribution < 1.29 is 9.59 Å². The molecule has 0 aromatic heterocycles. The summed E-state index contributed by atoms with van der Waals surface area (Å²) in [6.45, 7) is 1.20. The molecule has 1 amide bonds. The Labute approximate surface area is 136 Å². The molecular formula is C20H21NO2. The topological polar surface area (TPSA) is 37.4 Å². The summed E-state index contributed by atoms with van der Waals surface area (Å²) in [7, 11) is 0. The normalized spacial score (nSPS) is 15.5. The highest BCUT2D eigenvalue weighted by atomic mass is 16.2. The maximum atomic E-state index is 13.2. The first-order valence-electron chi connectivity index (χ1n) is 8.16. The smallest absolute Gasteiger partial charge is 0.234 e. The van der Waals surface area contributed by atoms with E-state index in [-0.39, 0.29) is 17.6 Å². The van der Waals surface area contributed by atoms with Crippen LogP contribution in [0.1, 0.15) is 36.3 Å². The third-order valence-electron chi connectivity index (χ3n) is 4.37. The number of rotatable bonds is 3. The number of ketones is 1. The number of benzene rings is 2. The van der Waals surface area contributed by atoms with Gasteiger partial charge in [0, 0.05) is 25.9 Å². The Morgan fingerprint density at radius 2 is 1.39 bits per heavy atom. The molecule has 23 heavy (non-hydrogen) atoms. The lowest BCUT2D eigenvalue weighted by Crippen LogP contribution is -2.36. The van der Waals surface area contributed by atoms with Crippen LogP contribution in [0.25, 0.3) is 0 Å². The average Bonchev–Trinajstić information content (AvgIpc) is 2.82. The van der Waals surface area contributed by atoms with E-state index in [2.05, 4.69) is 0 Å². The average molecular weight is 307 g/mol. The molecule has 2 aromatic rings. The van der Waals surface area contributed by atoms with E-state index in [0.29, 0.717) is 25.9 Å². The van der Waals surface area contributed by atoms with Crippen molar-refractivity contribution in [3.63, 3.8) is 0 Å². The SMILES string of the molecule is O=C1CCCN(C(=O)C(c2ccccc2)c2ccccc2)CC1. The summed E-state index contributed by atoms with van der Waals surface area (Å²) < 4.78 is 0. The number of hydrogen-bond donors (Lipinski definition) is 0. The third-order valence-corrected chi connectivity index (χ3v) is 4.37. The van der Waals surface area contributed by atoms with E-state index in [4.69, 9.17) is 0 Å². The number of carbonyl (C=O) groups excluding carboxylic acids is 2. The zero-order valence-electron chi connectivity index (χ0n) is 13.2. The maximum Gasteiger partial charge on any atom is 0.234 e. The molecule has 1 aliphatic rings. The van der Waals surface area contributed by atoms with Crippen molar-refractivity contribution in [2.24, 2.45) is 0 Å². The molecule has 0 N–H and O–H groups in total. The summed E-state index contributed by atoms with van der Waals surface area (Å²) in [6.07, 6.45) is 1.83. The second-order valence-electron chi connectivity index (χ2n) is 5.97. The number of likely N-dealkylation sites (tertiary alicyclic amines) is 1. The van der Waals surface area contributed by atoms with Crippen LogP contribution in [0.2, 0.25) is 0 Å². The largest absolute Gasteiger partial charge is 0.341 e. The third kappa shape index (κ3) is 3.67. The van der Waals surface area contributed by atoms with E-state index in [1.807, 2.05) is 65.6 Å². The van der Waals surface area contributed by atoms with Gasteiger partial charge in [0.25, 0.3) is 0 Å². The van der Waals surface area contributed by atoms with Gasteiger partial charge in [-0.15, -0.1) is 0 Å². The van der Waals surface area contributed by atoms with Crippen LogP contribution in [0.4, 0.5) is 0 Å². The van der Waals surface area contributed by atoms with E-state index in [0.717, 1.165) is 17.5 Å². The molecule has 1 aliphatic heterocycles. The Hall–Kier alpha value is -2.42. The van der Waals surface area contributed by atoms with Crippen LogP contribution in [-0.2, 0) is 9.59 Å². The maximum absolute atomic E-state index is 13.2. The fourth-order valence-electron chi connectivity index (χ4n) is 3.14. The van der Waals surface area contributed by atoms with E-state index in [9.17, 15) is 9.59 Å². The standard InChI is InChI=1S/C20H21NO2/c22-18-12-7-14-21(15-13-18)20(23)19(16-8-3-1-4-9-16)17-10-5-2-6-11-17/h1-6,8-11,19H,7,12-15H2. The van der Waals surface area contributed by atoms with Gasteiger partial charge in [0.05, 0.1) is 5.92 Å². The van der Waals surface area contributed by atoms with Gasteiger partial charge in [0.2, 0.25) is 5.91 Å². The number of carbonyl (C=O) groups is 2. The second-order valence-corrected chi connectivity index (χ2v) is 5.97. The van der Waals surface area contributed by atoms with Gasteiger partial charge in [-0.3, -0.25) is 9.59 Å². The predicted molar refractivity (Wildman–Crippen MR) is 90.2 cm³/mol. The first-order chi connectivity index (χ1) is 11.3. The van der Waals surface area contributed by atoms with Crippen molar-refractivity contribution in [1.29, 1.82) is 0 Å². The molecule has 0 aliphatic carbocycles. The molecule has 0 bridgehead atoms. The molecule has 0 saturated carbocycles. The molecule has 3 nitrogen and oxygen atoms in total. The van der Waals surface area contributed by atoms with Crippen molar-refractivity contribution in [3.8, 4) is 0 Å². The molecule has 1 heterocycles. The van der Waals surface area contributed by atoms with Gasteiger partial charge in [0.1, 0.15) is 5.78 Å². The molecule has 1 fully saturated rings. The number of hydrogen-bond acceptors (Lipinski definition) is 2. The van der Waals surface area contributed by atoms with Gasteiger partial charge in [-0.25, -0.2) is 0 Å². The second kappa shape index (κ2) is 7.23. The lowest BCUT2D eigenvalue weighted by molar-refractivity contribution is -0.131. The van der Waals surface area contributed by atoms with Gasteiger partial charge in [-0.1, -0.05) is 60.7 Å². The van der Waals surface area contributed by atoms with Gasteiger partial charge >= 0.3 is 0 Å². The van der Waals surface area contributed by atoms with Crippen molar-refractivity contribution in [2.75, 3.05) is 13.1 Å². The molecule has 0 unspecified atom stereocenters. The minimum absolute atomic E-state index is 0.0945. The zero-order valence-corrected chi connectivity index (χ0v) is 13.2. The van der Waals surface area contributed by atoms with Crippen LogP contribution in [-0.4, -0.2) is 29.7 Å². The highest BCUT2D eigenvalue weighted by Gasteiger charge is 2.28. The summed E-state index contributed by atoms with van der Waals surface area (Å²) in [6, 6.07) is 19.8. The van der Waals surface area contributed by atoms with Crippen LogP contribution in [0.3, 0.4) is 0 Å². The summed E-state index contributed by atoms with van der Waals surface area (Å²) in [4.78, 5) is 26.7. The zero-order chi connectivity index (χ0) is 16.1. The highest BCUT2D eigenvalue weighted by molar-refractivity contribution is 5.88. The van der Waals surface area contributed by atoms with Gasteiger partial charge in [0.15, 0.2) is 0 Å². The highest BCUT2D eigenvalue weighted by Crippen LogP contribution is 2.27. The molecule has 1 saturated heterocycles. The Morgan fingerprint density at radius 3 is 1.96 bits per heavy atom. The summed E-state index contributed by atoms with van der Waals surface area (Å²) in [5.41, 5.74) is 2.00. The van der Waals surface area contributed by atoms with Gasteiger partial charge in [-0.2, -0.15) is 0 Å². The Bertz CT molecular complexity index is 627. The summed E-state index contributed by atoms with van der Waals surface area (Å²) in [5.74, 6) is 0.0546. The molecule has 2 aromatic carbocycles. The van der Waals surface area contributed by atoms with Crippen molar-refractivity contribution in [2.45, 2.75) is 25.2 Å². The first kappa shape index (κ1) is 15.5. The Morgan fingerprint density at radius 1 is 0.826 bits per heavy atom. The molecular weight excluding hydrogens is 286 g/mol. The fourth-order valence-corrected chi connectivity index (χ4v) is 3.14. The molecule has 3 rings (SSSR count). The molecule has 0 atom stereocenters.